The van der Waals surface area contributed by atoms with E-state index < -0.39 is 24.0 Å². The minimum atomic E-state index is -4.39. The number of alkyl halides is 3. The average molecular weight is 402 g/mol. The summed E-state index contributed by atoms with van der Waals surface area (Å²) in [4.78, 5) is 15.8. The van der Waals surface area contributed by atoms with Crippen molar-refractivity contribution in [1.29, 1.82) is 0 Å². The molecule has 1 aromatic carbocycles. The van der Waals surface area contributed by atoms with Gasteiger partial charge in [0.2, 0.25) is 0 Å². The van der Waals surface area contributed by atoms with Crippen LogP contribution in [0.4, 0.5) is 13.2 Å². The first-order chi connectivity index (χ1) is 13.3. The molecule has 0 aromatic heterocycles. The Morgan fingerprint density at radius 3 is 2.39 bits per heavy atom. The summed E-state index contributed by atoms with van der Waals surface area (Å²) in [6.07, 6.45) is -4.81. The van der Waals surface area contributed by atoms with Crippen molar-refractivity contribution in [2.75, 3.05) is 46.5 Å². The highest BCUT2D eigenvalue weighted by Crippen LogP contribution is 2.35. The van der Waals surface area contributed by atoms with Crippen LogP contribution in [0, 0.1) is 5.92 Å². The molecule has 1 N–H and O–H groups in total. The standard InChI is InChI=1S/C19H25F3N2O4/c1-27-17(25)15-10-14(13-2-4-16(5-3-13)19(20,21)22)11-24(12-15)18(26)23-6-8-28-9-7-23/h2-5,14-15,18,26H,6-12H2,1H3. The van der Waals surface area contributed by atoms with E-state index in [0.717, 1.165) is 12.1 Å². The molecule has 2 aliphatic rings. The van der Waals surface area contributed by atoms with Crippen LogP contribution >= 0.6 is 0 Å². The summed E-state index contributed by atoms with van der Waals surface area (Å²) in [5, 5.41) is 10.8. The molecule has 2 fully saturated rings. The number of carbonyl (C=O) groups is 1. The van der Waals surface area contributed by atoms with E-state index in [-0.39, 0.29) is 11.9 Å². The molecule has 2 aliphatic heterocycles. The number of halogens is 3. The number of aliphatic hydroxyl groups is 1. The maximum Gasteiger partial charge on any atom is 0.416 e. The van der Waals surface area contributed by atoms with Gasteiger partial charge in [0.1, 0.15) is 0 Å². The van der Waals surface area contributed by atoms with E-state index >= 15 is 0 Å². The second-order valence-electron chi connectivity index (χ2n) is 7.22. The van der Waals surface area contributed by atoms with Gasteiger partial charge in [-0.25, -0.2) is 0 Å². The highest BCUT2D eigenvalue weighted by atomic mass is 19.4. The van der Waals surface area contributed by atoms with Crippen LogP contribution in [0.25, 0.3) is 0 Å². The highest BCUT2D eigenvalue weighted by Gasteiger charge is 2.38. The number of piperidine rings is 1. The normalized spacial score (nSPS) is 26.0. The molecule has 1 aromatic rings. The molecule has 6 nitrogen and oxygen atoms in total. The van der Waals surface area contributed by atoms with Gasteiger partial charge in [0, 0.05) is 26.2 Å². The molecule has 0 aliphatic carbocycles. The molecule has 0 radical (unpaired) electrons. The number of nitrogens with zero attached hydrogens (tertiary/aromatic N) is 2. The molecule has 3 atom stereocenters. The number of benzene rings is 1. The van der Waals surface area contributed by atoms with Crippen LogP contribution < -0.4 is 0 Å². The van der Waals surface area contributed by atoms with Gasteiger partial charge in [-0.2, -0.15) is 13.2 Å². The molecule has 2 saturated heterocycles. The third kappa shape index (κ3) is 4.83. The van der Waals surface area contributed by atoms with E-state index in [1.54, 1.807) is 4.90 Å². The number of hydrogen-bond donors (Lipinski definition) is 1. The number of carbonyl (C=O) groups excluding carboxylic acids is 1. The molecule has 2 heterocycles. The molecular formula is C19H25F3N2O4. The van der Waals surface area contributed by atoms with Gasteiger partial charge in [0.05, 0.1) is 31.8 Å². The highest BCUT2D eigenvalue weighted by molar-refractivity contribution is 5.72. The van der Waals surface area contributed by atoms with Crippen LogP contribution in [0.3, 0.4) is 0 Å². The Morgan fingerprint density at radius 2 is 1.82 bits per heavy atom. The molecule has 28 heavy (non-hydrogen) atoms. The lowest BCUT2D eigenvalue weighted by atomic mass is 9.84. The van der Waals surface area contributed by atoms with Gasteiger partial charge < -0.3 is 14.6 Å². The van der Waals surface area contributed by atoms with E-state index in [1.807, 2.05) is 4.90 Å². The Morgan fingerprint density at radius 1 is 1.18 bits per heavy atom. The Bertz CT molecular complexity index is 662. The number of morpholine rings is 1. The average Bonchev–Trinajstić information content (AvgIpc) is 2.72. The number of ether oxygens (including phenoxy) is 2. The third-order valence-electron chi connectivity index (χ3n) is 5.42. The summed E-state index contributed by atoms with van der Waals surface area (Å²) >= 11 is 0. The van der Waals surface area contributed by atoms with E-state index in [1.165, 1.54) is 19.2 Å². The Balaban J connectivity index is 1.78. The van der Waals surface area contributed by atoms with E-state index in [9.17, 15) is 23.1 Å². The van der Waals surface area contributed by atoms with Crippen molar-refractivity contribution in [2.45, 2.75) is 24.9 Å². The summed E-state index contributed by atoms with van der Waals surface area (Å²) in [5.74, 6) is -1.02. The number of likely N-dealkylation sites (tertiary alicyclic amines) is 1. The second-order valence-corrected chi connectivity index (χ2v) is 7.22. The quantitative estimate of drug-likeness (QED) is 0.777. The number of esters is 1. The summed E-state index contributed by atoms with van der Waals surface area (Å²) in [6.45, 7) is 2.97. The third-order valence-corrected chi connectivity index (χ3v) is 5.42. The molecular weight excluding hydrogens is 377 g/mol. The van der Waals surface area contributed by atoms with Crippen molar-refractivity contribution < 1.29 is 32.5 Å². The number of rotatable bonds is 4. The first-order valence-electron chi connectivity index (χ1n) is 9.28. The van der Waals surface area contributed by atoms with Gasteiger partial charge in [-0.3, -0.25) is 14.6 Å². The fourth-order valence-corrected chi connectivity index (χ4v) is 3.88. The van der Waals surface area contributed by atoms with Crippen molar-refractivity contribution in [1.82, 2.24) is 9.80 Å². The molecule has 0 spiro atoms. The minimum Gasteiger partial charge on any atom is -0.469 e. The van der Waals surface area contributed by atoms with Gasteiger partial charge in [-0.05, 0) is 30.0 Å². The summed E-state index contributed by atoms with van der Waals surface area (Å²) < 4.78 is 48.7. The molecule has 156 valence electrons. The lowest BCUT2D eigenvalue weighted by molar-refractivity contribution is -0.164. The van der Waals surface area contributed by atoms with Crippen LogP contribution in [-0.4, -0.2) is 73.7 Å². The van der Waals surface area contributed by atoms with Gasteiger partial charge in [-0.15, -0.1) is 0 Å². The van der Waals surface area contributed by atoms with Crippen molar-refractivity contribution in [2.24, 2.45) is 5.92 Å². The van der Waals surface area contributed by atoms with E-state index in [4.69, 9.17) is 9.47 Å². The number of methoxy groups -OCH3 is 1. The van der Waals surface area contributed by atoms with E-state index in [0.29, 0.717) is 51.4 Å². The summed E-state index contributed by atoms with van der Waals surface area (Å²) in [7, 11) is 1.31. The molecule has 9 heteroatoms. The Kier molecular flexibility index (Phi) is 6.59. The van der Waals surface area contributed by atoms with Crippen molar-refractivity contribution in [3.05, 3.63) is 35.4 Å². The maximum absolute atomic E-state index is 12.8. The minimum absolute atomic E-state index is 0.184. The molecule has 3 unspecified atom stereocenters. The lowest BCUT2D eigenvalue weighted by Gasteiger charge is -2.43. The smallest absolute Gasteiger partial charge is 0.416 e. The summed E-state index contributed by atoms with van der Waals surface area (Å²) in [6, 6.07) is 5.01. The van der Waals surface area contributed by atoms with Crippen molar-refractivity contribution in [3.63, 3.8) is 0 Å². The zero-order valence-corrected chi connectivity index (χ0v) is 15.7. The lowest BCUT2D eigenvalue weighted by Crippen LogP contribution is -2.56. The predicted octanol–water partition coefficient (Wildman–Crippen LogP) is 1.89. The van der Waals surface area contributed by atoms with Crippen LogP contribution in [0.1, 0.15) is 23.5 Å². The Labute approximate surface area is 161 Å². The number of hydrogen-bond acceptors (Lipinski definition) is 6. The molecule has 0 amide bonds. The maximum atomic E-state index is 12.8. The van der Waals surface area contributed by atoms with Crippen molar-refractivity contribution in [3.8, 4) is 0 Å². The predicted molar refractivity (Wildman–Crippen MR) is 94.3 cm³/mol. The topological polar surface area (TPSA) is 62.2 Å². The zero-order valence-electron chi connectivity index (χ0n) is 15.7. The second kappa shape index (κ2) is 8.77. The molecule has 3 rings (SSSR count). The van der Waals surface area contributed by atoms with Crippen molar-refractivity contribution >= 4 is 5.97 Å². The largest absolute Gasteiger partial charge is 0.469 e. The molecule has 0 bridgehead atoms. The van der Waals surface area contributed by atoms with E-state index in [2.05, 4.69) is 0 Å². The Hall–Kier alpha value is -1.68. The number of aliphatic hydroxyl groups excluding tert-OH is 1. The zero-order chi connectivity index (χ0) is 20.3. The SMILES string of the molecule is COC(=O)C1CC(c2ccc(C(F)(F)F)cc2)CN(C(O)N2CCOCC2)C1. The monoisotopic (exact) mass is 402 g/mol. The fourth-order valence-electron chi connectivity index (χ4n) is 3.88. The van der Waals surface area contributed by atoms with Gasteiger partial charge in [0.15, 0.2) is 6.35 Å². The summed E-state index contributed by atoms with van der Waals surface area (Å²) in [5.41, 5.74) is 0.00238. The van der Waals surface area contributed by atoms with Gasteiger partial charge in [0.25, 0.3) is 0 Å². The van der Waals surface area contributed by atoms with Crippen LogP contribution in [-0.2, 0) is 20.4 Å². The molecule has 0 saturated carbocycles. The van der Waals surface area contributed by atoms with Crippen LogP contribution in [0.5, 0.6) is 0 Å². The van der Waals surface area contributed by atoms with Gasteiger partial charge >= 0.3 is 12.1 Å². The van der Waals surface area contributed by atoms with Gasteiger partial charge in [-0.1, -0.05) is 12.1 Å². The first-order valence-corrected chi connectivity index (χ1v) is 9.28. The fraction of sp³-hybridized carbons (Fsp3) is 0.632. The first kappa shape index (κ1) is 21.0. The van der Waals surface area contributed by atoms with Crippen LogP contribution in [0.15, 0.2) is 24.3 Å². The van der Waals surface area contributed by atoms with Crippen LogP contribution in [0.2, 0.25) is 0 Å².